The minimum atomic E-state index is 0.545. The molecule has 0 radical (unpaired) electrons. The monoisotopic (exact) mass is 506 g/mol. The molecule has 0 atom stereocenters. The maximum absolute atomic E-state index is 11.3. The molecule has 192 valence electrons. The third kappa shape index (κ3) is 6.29. The fourth-order valence-electron chi connectivity index (χ4n) is 4.07. The molecule has 0 fully saturated rings. The first-order valence-electron chi connectivity index (χ1n) is 12.1. The number of anilines is 2. The van der Waals surface area contributed by atoms with Crippen LogP contribution in [0.25, 0.3) is 22.5 Å². The number of nitrogens with zero attached hydrogens (tertiary/aromatic N) is 4. The van der Waals surface area contributed by atoms with Gasteiger partial charge in [-0.3, -0.25) is 4.79 Å². The van der Waals surface area contributed by atoms with Crippen molar-refractivity contribution >= 4 is 17.7 Å². The Kier molecular flexibility index (Phi) is 8.93. The van der Waals surface area contributed by atoms with Crippen molar-refractivity contribution in [3.05, 3.63) is 114 Å². The molecular formula is C30H30N6O2. The number of aldehydes is 1. The Morgan fingerprint density at radius 2 is 1.53 bits per heavy atom. The van der Waals surface area contributed by atoms with Crippen molar-refractivity contribution in [2.24, 2.45) is 0 Å². The molecule has 0 unspecified atom stereocenters. The van der Waals surface area contributed by atoms with E-state index in [1.165, 1.54) is 0 Å². The Labute approximate surface area is 222 Å². The number of rotatable bonds is 8. The van der Waals surface area contributed by atoms with Gasteiger partial charge in [0.1, 0.15) is 0 Å². The zero-order valence-corrected chi connectivity index (χ0v) is 21.4. The number of benzene rings is 4. The van der Waals surface area contributed by atoms with Gasteiger partial charge in [0.2, 0.25) is 0 Å². The van der Waals surface area contributed by atoms with E-state index in [-0.39, 0.29) is 0 Å². The Morgan fingerprint density at radius 1 is 0.842 bits per heavy atom. The predicted octanol–water partition coefficient (Wildman–Crippen LogP) is 5.32. The highest BCUT2D eigenvalue weighted by molar-refractivity contribution is 5.89. The second-order valence-electron chi connectivity index (χ2n) is 8.58. The zero-order chi connectivity index (χ0) is 26.7. The third-order valence-corrected chi connectivity index (χ3v) is 5.87. The summed E-state index contributed by atoms with van der Waals surface area (Å²) < 4.78 is 6.07. The molecule has 0 aliphatic heterocycles. The summed E-state index contributed by atoms with van der Waals surface area (Å²) in [6.45, 7) is 1.14. The van der Waals surface area contributed by atoms with E-state index in [4.69, 9.17) is 5.73 Å². The first-order chi connectivity index (χ1) is 18.6. The Morgan fingerprint density at radius 3 is 2.24 bits per heavy atom. The van der Waals surface area contributed by atoms with Gasteiger partial charge in [-0.1, -0.05) is 84.9 Å². The lowest BCUT2D eigenvalue weighted by Crippen LogP contribution is -2.05. The van der Waals surface area contributed by atoms with Gasteiger partial charge >= 0.3 is 0 Å². The van der Waals surface area contributed by atoms with Gasteiger partial charge in [-0.15, -0.1) is 5.10 Å². The van der Waals surface area contributed by atoms with E-state index >= 15 is 0 Å². The average Bonchev–Trinajstić information content (AvgIpc) is 3.41. The van der Waals surface area contributed by atoms with Crippen molar-refractivity contribution in [1.82, 2.24) is 20.2 Å². The number of ether oxygens (including phenoxy) is 1. The van der Waals surface area contributed by atoms with Crippen LogP contribution in [0.3, 0.4) is 0 Å². The van der Waals surface area contributed by atoms with Crippen molar-refractivity contribution in [2.45, 2.75) is 13.1 Å². The van der Waals surface area contributed by atoms with Gasteiger partial charge in [0, 0.05) is 31.9 Å². The number of hydrogen-bond acceptors (Lipinski definition) is 7. The highest BCUT2D eigenvalue weighted by Crippen LogP contribution is 2.31. The van der Waals surface area contributed by atoms with Crippen molar-refractivity contribution < 1.29 is 9.53 Å². The SMILES string of the molecule is COC.Nc1cccc(C=O)c1NCc1ccc(-c2ccccc2-c2nnnn2Cc2ccccc2)cc1. The van der Waals surface area contributed by atoms with E-state index < -0.39 is 0 Å². The number of nitrogens with one attached hydrogen (secondary N) is 1. The molecule has 8 heteroatoms. The fraction of sp³-hybridized carbons (Fsp3) is 0.133. The van der Waals surface area contributed by atoms with Gasteiger partial charge in [0.15, 0.2) is 12.1 Å². The molecule has 5 rings (SSSR count). The lowest BCUT2D eigenvalue weighted by atomic mass is 9.98. The lowest BCUT2D eigenvalue weighted by molar-refractivity contribution is 0.112. The van der Waals surface area contributed by atoms with Gasteiger partial charge in [-0.2, -0.15) is 0 Å². The number of tetrazole rings is 1. The van der Waals surface area contributed by atoms with E-state index in [1.54, 1.807) is 32.4 Å². The molecule has 5 aromatic rings. The average molecular weight is 507 g/mol. The maximum atomic E-state index is 11.3. The molecule has 0 aliphatic rings. The molecular weight excluding hydrogens is 476 g/mol. The Bertz CT molecular complexity index is 1470. The van der Waals surface area contributed by atoms with Crippen molar-refractivity contribution in [1.29, 1.82) is 0 Å². The van der Waals surface area contributed by atoms with E-state index in [0.29, 0.717) is 30.0 Å². The maximum Gasteiger partial charge on any atom is 0.182 e. The summed E-state index contributed by atoms with van der Waals surface area (Å²) in [6, 6.07) is 31.8. The minimum Gasteiger partial charge on any atom is -0.397 e. The summed E-state index contributed by atoms with van der Waals surface area (Å²) in [7, 11) is 3.25. The molecule has 8 nitrogen and oxygen atoms in total. The molecule has 1 heterocycles. The quantitative estimate of drug-likeness (QED) is 0.216. The number of nitrogen functional groups attached to an aromatic ring is 1. The Balaban J connectivity index is 0.00000107. The van der Waals surface area contributed by atoms with Crippen molar-refractivity contribution in [2.75, 3.05) is 25.3 Å². The molecule has 4 aromatic carbocycles. The summed E-state index contributed by atoms with van der Waals surface area (Å²) in [5, 5.41) is 15.8. The van der Waals surface area contributed by atoms with E-state index in [0.717, 1.165) is 39.9 Å². The van der Waals surface area contributed by atoms with Crippen LogP contribution in [0, 0.1) is 0 Å². The minimum absolute atomic E-state index is 0.545. The normalized spacial score (nSPS) is 10.4. The van der Waals surface area contributed by atoms with Crippen molar-refractivity contribution in [3.63, 3.8) is 0 Å². The van der Waals surface area contributed by atoms with Crippen LogP contribution in [0.4, 0.5) is 11.4 Å². The van der Waals surface area contributed by atoms with Crippen LogP contribution in [0.5, 0.6) is 0 Å². The summed E-state index contributed by atoms with van der Waals surface area (Å²) in [6.07, 6.45) is 0.810. The standard InChI is InChI=1S/C28H24N6O.C2H6O/c29-26-12-6-9-23(19-35)27(26)30-17-20-13-15-22(16-14-20)24-10-4-5-11-25(24)28-31-32-33-34(28)18-21-7-2-1-3-8-21;1-3-2/h1-16,19,30H,17-18,29H2;1-2H3. The van der Waals surface area contributed by atoms with Gasteiger partial charge in [0.05, 0.1) is 17.9 Å². The topological polar surface area (TPSA) is 108 Å². The molecule has 3 N–H and O–H groups in total. The van der Waals surface area contributed by atoms with E-state index in [1.807, 2.05) is 41.1 Å². The molecule has 0 bridgehead atoms. The number of hydrogen-bond donors (Lipinski definition) is 2. The second kappa shape index (κ2) is 12.9. The zero-order valence-electron chi connectivity index (χ0n) is 21.4. The van der Waals surface area contributed by atoms with Crippen LogP contribution in [0.1, 0.15) is 21.5 Å². The summed E-state index contributed by atoms with van der Waals surface area (Å²) in [5.41, 5.74) is 13.1. The van der Waals surface area contributed by atoms with Crippen LogP contribution in [0.2, 0.25) is 0 Å². The summed E-state index contributed by atoms with van der Waals surface area (Å²) in [5.74, 6) is 0.719. The fourth-order valence-corrected chi connectivity index (χ4v) is 4.07. The van der Waals surface area contributed by atoms with Crippen LogP contribution in [-0.2, 0) is 17.8 Å². The molecule has 1 aromatic heterocycles. The highest BCUT2D eigenvalue weighted by Gasteiger charge is 2.14. The van der Waals surface area contributed by atoms with Crippen molar-refractivity contribution in [3.8, 4) is 22.5 Å². The molecule has 0 amide bonds. The number of carbonyl (C=O) groups excluding carboxylic acids is 1. The molecule has 0 spiro atoms. The van der Waals surface area contributed by atoms with Crippen LogP contribution in [-0.4, -0.2) is 40.7 Å². The molecule has 38 heavy (non-hydrogen) atoms. The summed E-state index contributed by atoms with van der Waals surface area (Å²) >= 11 is 0. The van der Waals surface area contributed by atoms with Gasteiger partial charge in [-0.05, 0) is 44.8 Å². The lowest BCUT2D eigenvalue weighted by Gasteiger charge is -2.13. The van der Waals surface area contributed by atoms with Crippen LogP contribution < -0.4 is 11.1 Å². The van der Waals surface area contributed by atoms with E-state index in [9.17, 15) is 4.79 Å². The molecule has 0 saturated carbocycles. The van der Waals surface area contributed by atoms with Gasteiger partial charge < -0.3 is 15.8 Å². The Hall–Kier alpha value is -4.82. The predicted molar refractivity (Wildman–Crippen MR) is 151 cm³/mol. The molecule has 0 aliphatic carbocycles. The number of aromatic nitrogens is 4. The largest absolute Gasteiger partial charge is 0.397 e. The summed E-state index contributed by atoms with van der Waals surface area (Å²) in [4.78, 5) is 11.3. The van der Waals surface area contributed by atoms with Crippen LogP contribution in [0.15, 0.2) is 97.1 Å². The number of nitrogens with two attached hydrogens (primary N) is 1. The number of carbonyl (C=O) groups is 1. The second-order valence-corrected chi connectivity index (χ2v) is 8.58. The number of para-hydroxylation sites is 1. The number of methoxy groups -OCH3 is 1. The van der Waals surface area contributed by atoms with Crippen LogP contribution >= 0.6 is 0 Å². The first-order valence-corrected chi connectivity index (χ1v) is 12.1. The van der Waals surface area contributed by atoms with E-state index in [2.05, 4.69) is 68.0 Å². The molecule has 0 saturated heterocycles. The first kappa shape index (κ1) is 26.2. The highest BCUT2D eigenvalue weighted by atomic mass is 16.4. The smallest absolute Gasteiger partial charge is 0.182 e. The van der Waals surface area contributed by atoms with Gasteiger partial charge in [-0.25, -0.2) is 4.68 Å². The van der Waals surface area contributed by atoms with Gasteiger partial charge in [0.25, 0.3) is 0 Å². The third-order valence-electron chi connectivity index (χ3n) is 5.87.